The fourth-order valence-corrected chi connectivity index (χ4v) is 2.35. The van der Waals surface area contributed by atoms with Crippen molar-refractivity contribution in [2.75, 3.05) is 33.0 Å². The predicted molar refractivity (Wildman–Crippen MR) is 78.2 cm³/mol. The van der Waals surface area contributed by atoms with Crippen molar-refractivity contribution in [3.05, 3.63) is 29.8 Å². The molecule has 0 amide bonds. The summed E-state index contributed by atoms with van der Waals surface area (Å²) in [6.07, 6.45) is -0.0576. The van der Waals surface area contributed by atoms with E-state index in [0.29, 0.717) is 0 Å². The molecule has 0 radical (unpaired) electrons. The zero-order valence-electron chi connectivity index (χ0n) is 12.4. The predicted octanol–water partition coefficient (Wildman–Crippen LogP) is 1.21. The largest absolute Gasteiger partial charge is 0.481 e. The molecule has 1 rings (SSSR count). The Morgan fingerprint density at radius 3 is 2.14 bits per heavy atom. The van der Waals surface area contributed by atoms with E-state index in [9.17, 15) is 13.2 Å². The van der Waals surface area contributed by atoms with Crippen molar-refractivity contribution >= 4 is 16.1 Å². The molecule has 0 aliphatic carbocycles. The second kappa shape index (κ2) is 9.52. The Morgan fingerprint density at radius 1 is 1.00 bits per heavy atom. The van der Waals surface area contributed by atoms with Gasteiger partial charge < -0.3 is 14.6 Å². The minimum Gasteiger partial charge on any atom is -0.481 e. The van der Waals surface area contributed by atoms with Crippen LogP contribution in [0.15, 0.2) is 29.2 Å². The van der Waals surface area contributed by atoms with Gasteiger partial charge in [-0.25, -0.2) is 0 Å². The fourth-order valence-electron chi connectivity index (χ4n) is 1.46. The molecule has 0 bridgehead atoms. The van der Waals surface area contributed by atoms with Gasteiger partial charge in [0.1, 0.15) is 0 Å². The Bertz CT molecular complexity index is 551. The molecule has 0 saturated carbocycles. The maximum absolute atomic E-state index is 11.8. The Balaban J connectivity index is 2.13. The van der Waals surface area contributed by atoms with Gasteiger partial charge in [0.25, 0.3) is 10.1 Å². The van der Waals surface area contributed by atoms with E-state index in [2.05, 4.69) is 0 Å². The van der Waals surface area contributed by atoms with Crippen molar-refractivity contribution < 1.29 is 32.0 Å². The topological polar surface area (TPSA) is 99.1 Å². The summed E-state index contributed by atoms with van der Waals surface area (Å²) in [6, 6.07) is 6.37. The zero-order chi connectivity index (χ0) is 16.4. The highest BCUT2D eigenvalue weighted by Gasteiger charge is 2.14. The van der Waals surface area contributed by atoms with Crippen LogP contribution in [0, 0.1) is 6.92 Å². The molecule has 1 N–H and O–H groups in total. The number of carboxylic acids is 1. The number of hydrogen-bond donors (Lipinski definition) is 1. The van der Waals surface area contributed by atoms with Gasteiger partial charge in [-0.3, -0.25) is 8.98 Å². The smallest absolute Gasteiger partial charge is 0.305 e. The molecule has 22 heavy (non-hydrogen) atoms. The van der Waals surface area contributed by atoms with Gasteiger partial charge in [-0.1, -0.05) is 17.7 Å². The highest BCUT2D eigenvalue weighted by molar-refractivity contribution is 7.86. The summed E-state index contributed by atoms with van der Waals surface area (Å²) >= 11 is 0. The summed E-state index contributed by atoms with van der Waals surface area (Å²) in [5, 5.41) is 8.39. The number of carbonyl (C=O) groups is 1. The van der Waals surface area contributed by atoms with Crippen LogP contribution < -0.4 is 0 Å². The lowest BCUT2D eigenvalue weighted by Crippen LogP contribution is -2.14. The van der Waals surface area contributed by atoms with E-state index in [1.54, 1.807) is 12.1 Å². The summed E-state index contributed by atoms with van der Waals surface area (Å²) < 4.78 is 38.6. The van der Waals surface area contributed by atoms with E-state index < -0.39 is 16.1 Å². The first kappa shape index (κ1) is 18.6. The molecule has 0 heterocycles. The van der Waals surface area contributed by atoms with Gasteiger partial charge in [-0.2, -0.15) is 8.42 Å². The SMILES string of the molecule is Cc1ccc(S(=O)(=O)OCCOCCOCCC(=O)O)cc1. The van der Waals surface area contributed by atoms with Gasteiger partial charge in [-0.05, 0) is 19.1 Å². The van der Waals surface area contributed by atoms with Crippen LogP contribution in [0.4, 0.5) is 0 Å². The Hall–Kier alpha value is -1.48. The number of carboxylic acid groups (broad SMARTS) is 1. The third-order valence-corrected chi connectivity index (χ3v) is 3.93. The Labute approximate surface area is 129 Å². The van der Waals surface area contributed by atoms with Gasteiger partial charge in [0.15, 0.2) is 0 Å². The van der Waals surface area contributed by atoms with Crippen LogP contribution in [-0.4, -0.2) is 52.5 Å². The Kier molecular flexibility index (Phi) is 8.03. The summed E-state index contributed by atoms with van der Waals surface area (Å²) in [6.45, 7) is 2.49. The van der Waals surface area contributed by atoms with E-state index in [-0.39, 0.29) is 44.4 Å². The molecule has 124 valence electrons. The molecule has 8 heteroatoms. The molecule has 0 aliphatic heterocycles. The van der Waals surface area contributed by atoms with Crippen LogP contribution >= 0.6 is 0 Å². The first-order valence-electron chi connectivity index (χ1n) is 6.75. The highest BCUT2D eigenvalue weighted by atomic mass is 32.2. The van der Waals surface area contributed by atoms with Crippen LogP contribution in [0.2, 0.25) is 0 Å². The summed E-state index contributed by atoms with van der Waals surface area (Å²) in [5.41, 5.74) is 0.963. The van der Waals surface area contributed by atoms with E-state index in [0.717, 1.165) is 5.56 Å². The molecular weight excluding hydrogens is 312 g/mol. The van der Waals surface area contributed by atoms with Gasteiger partial charge >= 0.3 is 5.97 Å². The van der Waals surface area contributed by atoms with Gasteiger partial charge in [-0.15, -0.1) is 0 Å². The number of benzene rings is 1. The third kappa shape index (κ3) is 7.51. The first-order chi connectivity index (χ1) is 10.4. The van der Waals surface area contributed by atoms with Gasteiger partial charge in [0, 0.05) is 0 Å². The molecule has 0 saturated heterocycles. The van der Waals surface area contributed by atoms with Gasteiger partial charge in [0.2, 0.25) is 0 Å². The number of ether oxygens (including phenoxy) is 2. The first-order valence-corrected chi connectivity index (χ1v) is 8.16. The van der Waals surface area contributed by atoms with Crippen molar-refractivity contribution in [2.24, 2.45) is 0 Å². The lowest BCUT2D eigenvalue weighted by Gasteiger charge is -2.07. The lowest BCUT2D eigenvalue weighted by molar-refractivity contribution is -0.138. The molecule has 0 atom stereocenters. The minimum atomic E-state index is -3.76. The van der Waals surface area contributed by atoms with E-state index in [1.807, 2.05) is 6.92 Å². The number of aryl methyl sites for hydroxylation is 1. The fraction of sp³-hybridized carbons (Fsp3) is 0.500. The maximum atomic E-state index is 11.8. The van der Waals surface area contributed by atoms with Crippen LogP contribution in [0.5, 0.6) is 0 Å². The van der Waals surface area contributed by atoms with Crippen molar-refractivity contribution in [3.8, 4) is 0 Å². The second-order valence-corrected chi connectivity index (χ2v) is 6.07. The summed E-state index contributed by atoms with van der Waals surface area (Å²) in [4.78, 5) is 10.3. The molecule has 1 aromatic carbocycles. The van der Waals surface area contributed by atoms with Crippen molar-refractivity contribution in [1.82, 2.24) is 0 Å². The molecule has 0 spiro atoms. The lowest BCUT2D eigenvalue weighted by atomic mass is 10.2. The Morgan fingerprint density at radius 2 is 1.55 bits per heavy atom. The van der Waals surface area contributed by atoms with Crippen molar-refractivity contribution in [3.63, 3.8) is 0 Å². The summed E-state index contributed by atoms with van der Waals surface area (Å²) in [5.74, 6) is -0.921. The van der Waals surface area contributed by atoms with E-state index in [4.69, 9.17) is 18.8 Å². The summed E-state index contributed by atoms with van der Waals surface area (Å²) in [7, 11) is -3.76. The molecule has 0 aromatic heterocycles. The zero-order valence-corrected chi connectivity index (χ0v) is 13.2. The average Bonchev–Trinajstić information content (AvgIpc) is 2.45. The standard InChI is InChI=1S/C14H20O7S/c1-12-2-4-13(5-3-12)22(17,18)21-11-10-20-9-8-19-7-6-14(15)16/h2-5H,6-11H2,1H3,(H,15,16). The van der Waals surface area contributed by atoms with Crippen molar-refractivity contribution in [2.45, 2.75) is 18.2 Å². The third-order valence-electron chi connectivity index (χ3n) is 2.61. The van der Waals surface area contributed by atoms with Gasteiger partial charge in [0.05, 0.1) is 44.4 Å². The minimum absolute atomic E-state index is 0.0576. The molecule has 0 aliphatic rings. The van der Waals surface area contributed by atoms with Crippen LogP contribution in [-0.2, 0) is 28.6 Å². The van der Waals surface area contributed by atoms with Crippen LogP contribution in [0.1, 0.15) is 12.0 Å². The normalized spacial score (nSPS) is 11.5. The molecule has 0 unspecified atom stereocenters. The number of aliphatic carboxylic acids is 1. The monoisotopic (exact) mass is 332 g/mol. The molecule has 1 aromatic rings. The number of hydrogen-bond acceptors (Lipinski definition) is 6. The van der Waals surface area contributed by atoms with E-state index in [1.165, 1.54) is 12.1 Å². The highest BCUT2D eigenvalue weighted by Crippen LogP contribution is 2.12. The molecule has 0 fully saturated rings. The van der Waals surface area contributed by atoms with Crippen LogP contribution in [0.3, 0.4) is 0 Å². The quantitative estimate of drug-likeness (QED) is 0.480. The maximum Gasteiger partial charge on any atom is 0.305 e. The molecule has 7 nitrogen and oxygen atoms in total. The van der Waals surface area contributed by atoms with Crippen molar-refractivity contribution in [1.29, 1.82) is 0 Å². The average molecular weight is 332 g/mol. The van der Waals surface area contributed by atoms with Crippen LogP contribution in [0.25, 0.3) is 0 Å². The number of rotatable bonds is 11. The molecular formula is C14H20O7S. The second-order valence-electron chi connectivity index (χ2n) is 4.46. The van der Waals surface area contributed by atoms with E-state index >= 15 is 0 Å².